The van der Waals surface area contributed by atoms with Gasteiger partial charge in [-0.3, -0.25) is 0 Å². The third-order valence-corrected chi connectivity index (χ3v) is 3.10. The number of amides is 2. The minimum atomic E-state index is -0.961. The van der Waals surface area contributed by atoms with E-state index < -0.39 is 30.1 Å². The summed E-state index contributed by atoms with van der Waals surface area (Å²) in [5.74, 6) is -1.65. The topological polar surface area (TPSA) is 151 Å². The third kappa shape index (κ3) is 7.39. The van der Waals surface area contributed by atoms with Gasteiger partial charge in [-0.05, 0) is 24.8 Å². The van der Waals surface area contributed by atoms with Crippen molar-refractivity contribution in [1.82, 2.24) is 5.32 Å². The molecule has 1 aromatic carbocycles. The summed E-state index contributed by atoms with van der Waals surface area (Å²) in [6.45, 7) is 0.289. The van der Waals surface area contributed by atoms with Crippen LogP contribution in [0.25, 0.3) is 0 Å². The number of nitrogens with one attached hydrogen (secondary N) is 1. The normalized spacial score (nSPS) is 13.0. The maximum absolute atomic E-state index is 11.8. The molecule has 8 heteroatoms. The molecule has 0 radical (unpaired) electrons. The Morgan fingerprint density at radius 1 is 1.04 bits per heavy atom. The van der Waals surface area contributed by atoms with E-state index in [9.17, 15) is 14.4 Å². The van der Waals surface area contributed by atoms with Crippen LogP contribution in [0.4, 0.5) is 4.79 Å². The van der Waals surface area contributed by atoms with Gasteiger partial charge >= 0.3 is 18.0 Å². The standard InChI is InChI=1S/C15H22N4O4/c16-11(7-4-8-19-15(18)22)13(20)23-14(21)12(17)9-10-5-2-1-3-6-10/h1-3,5-6,11-12H,4,7-9,16-17H2,(H3,18,19,22)/t11-,12-/m0/s1. The lowest BCUT2D eigenvalue weighted by Gasteiger charge is -2.13. The SMILES string of the molecule is NC(=O)NCCC[C@H](N)C(=O)OC(=O)[C@@H](N)Cc1ccccc1. The Labute approximate surface area is 134 Å². The quantitative estimate of drug-likeness (QED) is 0.285. The number of carbonyl (C=O) groups is 3. The molecular weight excluding hydrogens is 300 g/mol. The van der Waals surface area contributed by atoms with E-state index in [2.05, 4.69) is 10.1 Å². The van der Waals surface area contributed by atoms with Crippen molar-refractivity contribution in [3.8, 4) is 0 Å². The zero-order valence-corrected chi connectivity index (χ0v) is 12.7. The van der Waals surface area contributed by atoms with Crippen LogP contribution in [0.2, 0.25) is 0 Å². The monoisotopic (exact) mass is 322 g/mol. The largest absolute Gasteiger partial charge is 0.391 e. The molecule has 0 aliphatic rings. The molecule has 0 heterocycles. The number of nitrogens with two attached hydrogens (primary N) is 3. The summed E-state index contributed by atoms with van der Waals surface area (Å²) in [6.07, 6.45) is 0.953. The number of hydrogen-bond acceptors (Lipinski definition) is 6. The fourth-order valence-electron chi connectivity index (χ4n) is 1.85. The number of ether oxygens (including phenoxy) is 1. The van der Waals surface area contributed by atoms with Crippen molar-refractivity contribution < 1.29 is 19.1 Å². The number of esters is 2. The average Bonchev–Trinajstić information content (AvgIpc) is 2.51. The van der Waals surface area contributed by atoms with Crippen molar-refractivity contribution in [3.05, 3.63) is 35.9 Å². The van der Waals surface area contributed by atoms with Gasteiger partial charge < -0.3 is 27.3 Å². The van der Waals surface area contributed by atoms with Crippen molar-refractivity contribution in [2.24, 2.45) is 17.2 Å². The molecule has 0 aliphatic carbocycles. The van der Waals surface area contributed by atoms with Crippen LogP contribution in [0.15, 0.2) is 30.3 Å². The molecule has 1 rings (SSSR count). The van der Waals surface area contributed by atoms with Crippen LogP contribution in [0.1, 0.15) is 18.4 Å². The van der Waals surface area contributed by atoms with Gasteiger partial charge in [-0.15, -0.1) is 0 Å². The predicted molar refractivity (Wildman–Crippen MR) is 84.0 cm³/mol. The second kappa shape index (κ2) is 9.54. The highest BCUT2D eigenvalue weighted by Crippen LogP contribution is 2.04. The van der Waals surface area contributed by atoms with E-state index >= 15 is 0 Å². The molecule has 0 saturated carbocycles. The fraction of sp³-hybridized carbons (Fsp3) is 0.400. The molecule has 0 unspecified atom stereocenters. The first-order valence-electron chi connectivity index (χ1n) is 7.24. The predicted octanol–water partition coefficient (Wildman–Crippen LogP) is -0.598. The van der Waals surface area contributed by atoms with E-state index in [-0.39, 0.29) is 19.4 Å². The molecule has 23 heavy (non-hydrogen) atoms. The number of rotatable bonds is 8. The lowest BCUT2D eigenvalue weighted by Crippen LogP contribution is -2.41. The van der Waals surface area contributed by atoms with Crippen LogP contribution in [-0.2, 0) is 20.7 Å². The second-order valence-electron chi connectivity index (χ2n) is 5.08. The average molecular weight is 322 g/mol. The summed E-state index contributed by atoms with van der Waals surface area (Å²) in [7, 11) is 0. The Balaban J connectivity index is 2.34. The van der Waals surface area contributed by atoms with Gasteiger partial charge in [0.1, 0.15) is 12.1 Å². The van der Waals surface area contributed by atoms with E-state index in [1.165, 1.54) is 0 Å². The van der Waals surface area contributed by atoms with Crippen LogP contribution in [0, 0.1) is 0 Å². The molecule has 0 fully saturated rings. The molecule has 0 saturated heterocycles. The maximum atomic E-state index is 11.8. The molecule has 0 aliphatic heterocycles. The fourth-order valence-corrected chi connectivity index (χ4v) is 1.85. The van der Waals surface area contributed by atoms with E-state index in [4.69, 9.17) is 17.2 Å². The molecule has 7 N–H and O–H groups in total. The first-order valence-corrected chi connectivity index (χ1v) is 7.24. The summed E-state index contributed by atoms with van der Waals surface area (Å²) in [5.41, 5.74) is 17.1. The Morgan fingerprint density at radius 3 is 2.26 bits per heavy atom. The molecule has 2 atom stereocenters. The molecule has 8 nitrogen and oxygen atoms in total. The summed E-state index contributed by atoms with van der Waals surface area (Å²) in [6, 6.07) is 6.61. The highest BCUT2D eigenvalue weighted by Gasteiger charge is 2.23. The first-order chi connectivity index (χ1) is 10.9. The molecule has 0 spiro atoms. The van der Waals surface area contributed by atoms with Crippen LogP contribution in [-0.4, -0.2) is 36.6 Å². The zero-order chi connectivity index (χ0) is 17.2. The molecular formula is C15H22N4O4. The lowest BCUT2D eigenvalue weighted by molar-refractivity contribution is -0.161. The van der Waals surface area contributed by atoms with Crippen LogP contribution in [0.5, 0.6) is 0 Å². The van der Waals surface area contributed by atoms with Gasteiger partial charge in [0.15, 0.2) is 0 Å². The van der Waals surface area contributed by atoms with Gasteiger partial charge in [0.05, 0.1) is 0 Å². The summed E-state index contributed by atoms with van der Waals surface area (Å²) >= 11 is 0. The van der Waals surface area contributed by atoms with E-state index in [1.54, 1.807) is 0 Å². The van der Waals surface area contributed by atoms with Crippen molar-refractivity contribution in [2.45, 2.75) is 31.3 Å². The minimum absolute atomic E-state index is 0.250. The van der Waals surface area contributed by atoms with Crippen LogP contribution >= 0.6 is 0 Å². The van der Waals surface area contributed by atoms with Crippen molar-refractivity contribution in [2.75, 3.05) is 6.54 Å². The van der Waals surface area contributed by atoms with Crippen molar-refractivity contribution in [3.63, 3.8) is 0 Å². The molecule has 0 aromatic heterocycles. The summed E-state index contributed by atoms with van der Waals surface area (Å²) in [5, 5.41) is 2.37. The smallest absolute Gasteiger partial charge is 0.330 e. The van der Waals surface area contributed by atoms with Crippen molar-refractivity contribution in [1.29, 1.82) is 0 Å². The van der Waals surface area contributed by atoms with Gasteiger partial charge in [0.25, 0.3) is 0 Å². The Hall–Kier alpha value is -2.45. The minimum Gasteiger partial charge on any atom is -0.391 e. The van der Waals surface area contributed by atoms with Crippen LogP contribution in [0.3, 0.4) is 0 Å². The van der Waals surface area contributed by atoms with Gasteiger partial charge in [-0.1, -0.05) is 30.3 Å². The summed E-state index contributed by atoms with van der Waals surface area (Å²) in [4.78, 5) is 34.0. The van der Waals surface area contributed by atoms with Gasteiger partial charge in [-0.2, -0.15) is 0 Å². The third-order valence-electron chi connectivity index (χ3n) is 3.10. The summed E-state index contributed by atoms with van der Waals surface area (Å²) < 4.78 is 4.68. The first kappa shape index (κ1) is 18.6. The molecule has 1 aromatic rings. The number of hydrogen-bond donors (Lipinski definition) is 4. The lowest BCUT2D eigenvalue weighted by atomic mass is 10.1. The van der Waals surface area contributed by atoms with E-state index in [0.29, 0.717) is 6.42 Å². The molecule has 2 amide bonds. The van der Waals surface area contributed by atoms with Gasteiger partial charge in [0.2, 0.25) is 0 Å². The number of benzene rings is 1. The van der Waals surface area contributed by atoms with E-state index in [0.717, 1.165) is 5.56 Å². The number of carbonyl (C=O) groups excluding carboxylic acids is 3. The van der Waals surface area contributed by atoms with Crippen LogP contribution < -0.4 is 22.5 Å². The van der Waals surface area contributed by atoms with Gasteiger partial charge in [-0.25, -0.2) is 14.4 Å². The second-order valence-corrected chi connectivity index (χ2v) is 5.08. The Bertz CT molecular complexity index is 536. The van der Waals surface area contributed by atoms with Gasteiger partial charge in [0, 0.05) is 6.54 Å². The highest BCUT2D eigenvalue weighted by atomic mass is 16.6. The van der Waals surface area contributed by atoms with Crippen molar-refractivity contribution >= 4 is 18.0 Å². The number of urea groups is 1. The van der Waals surface area contributed by atoms with E-state index in [1.807, 2.05) is 30.3 Å². The Morgan fingerprint density at radius 2 is 1.65 bits per heavy atom. The highest BCUT2D eigenvalue weighted by molar-refractivity contribution is 5.90. The Kier molecular flexibility index (Phi) is 7.72. The molecule has 0 bridgehead atoms. The molecule has 126 valence electrons. The zero-order valence-electron chi connectivity index (χ0n) is 12.7. The number of primary amides is 1. The maximum Gasteiger partial charge on any atom is 0.330 e.